The van der Waals surface area contributed by atoms with Crippen molar-refractivity contribution in [3.8, 4) is 0 Å². The van der Waals surface area contributed by atoms with Crippen molar-refractivity contribution in [1.29, 1.82) is 0 Å². The van der Waals surface area contributed by atoms with Crippen LogP contribution in [0, 0.1) is 0 Å². The van der Waals surface area contributed by atoms with Crippen molar-refractivity contribution in [2.24, 2.45) is 0 Å². The number of aliphatic hydroxyl groups is 1. The van der Waals surface area contributed by atoms with E-state index in [0.29, 0.717) is 0 Å². The zero-order valence-electron chi connectivity index (χ0n) is 8.77. The van der Waals surface area contributed by atoms with E-state index in [9.17, 15) is 5.11 Å². The number of allylic oxidation sites excluding steroid dienone is 5. The largest absolute Gasteiger partial charge is 0.481 e. The summed E-state index contributed by atoms with van der Waals surface area (Å²) in [5, 5.41) is 9.68. The van der Waals surface area contributed by atoms with Gasteiger partial charge in [0.2, 0.25) is 0 Å². The lowest BCUT2D eigenvalue weighted by Gasteiger charge is -2.08. The van der Waals surface area contributed by atoms with Crippen molar-refractivity contribution in [1.82, 2.24) is 0 Å². The Bertz CT molecular complexity index is 484. The molecule has 1 aliphatic rings. The van der Waals surface area contributed by atoms with E-state index in [0.717, 1.165) is 20.3 Å². The summed E-state index contributed by atoms with van der Waals surface area (Å²) >= 11 is 2.25. The van der Waals surface area contributed by atoms with Crippen LogP contribution in [0.4, 0.5) is 0 Å². The van der Waals surface area contributed by atoms with Crippen molar-refractivity contribution in [3.63, 3.8) is 0 Å². The van der Waals surface area contributed by atoms with Crippen molar-refractivity contribution in [3.05, 3.63) is 63.1 Å². The Kier molecular flexibility index (Phi) is 3.33. The molecule has 0 radical (unpaired) electrons. The zero-order chi connectivity index (χ0) is 11.5. The molecule has 1 aromatic rings. The third kappa shape index (κ3) is 2.00. The first-order chi connectivity index (χ1) is 7.74. The number of aliphatic hydroxyl groups excluding tert-OH is 1. The molecule has 0 aliphatic heterocycles. The lowest BCUT2D eigenvalue weighted by molar-refractivity contribution is 0.134. The summed E-state index contributed by atoms with van der Waals surface area (Å²) in [6, 6.07) is 9.96. The van der Waals surface area contributed by atoms with E-state index in [1.54, 1.807) is 0 Å². The average Bonchev–Trinajstić information content (AvgIpc) is 2.71. The highest BCUT2D eigenvalue weighted by atomic mass is 127. The third-order valence-corrected chi connectivity index (χ3v) is 3.29. The van der Waals surface area contributed by atoms with Crippen LogP contribution in [0.15, 0.2) is 57.6 Å². The van der Waals surface area contributed by atoms with Crippen molar-refractivity contribution < 1.29 is 9.84 Å². The van der Waals surface area contributed by atoms with Gasteiger partial charge in [-0.05, 0) is 40.3 Å². The van der Waals surface area contributed by atoms with Crippen LogP contribution in [0.2, 0.25) is 0 Å². The van der Waals surface area contributed by atoms with Gasteiger partial charge in [-0.25, -0.2) is 0 Å². The van der Waals surface area contributed by atoms with E-state index in [-0.39, 0.29) is 5.95 Å². The highest BCUT2D eigenvalue weighted by Crippen LogP contribution is 2.37. The molecule has 0 amide bonds. The van der Waals surface area contributed by atoms with Crippen LogP contribution in [0.3, 0.4) is 0 Å². The van der Waals surface area contributed by atoms with Crippen molar-refractivity contribution >= 4 is 28.2 Å². The fraction of sp³-hybridized carbons (Fsp3) is 0.0769. The number of methoxy groups -OCH3 is 1. The van der Waals surface area contributed by atoms with Gasteiger partial charge < -0.3 is 9.84 Å². The molecule has 0 atom stereocenters. The van der Waals surface area contributed by atoms with Crippen LogP contribution in [-0.2, 0) is 4.74 Å². The molecule has 0 spiro atoms. The maximum atomic E-state index is 9.68. The minimum Gasteiger partial charge on any atom is -0.481 e. The van der Waals surface area contributed by atoms with Gasteiger partial charge in [0, 0.05) is 9.15 Å². The van der Waals surface area contributed by atoms with E-state index in [1.165, 1.54) is 7.11 Å². The highest BCUT2D eigenvalue weighted by Gasteiger charge is 2.19. The number of benzene rings is 1. The monoisotopic (exact) mass is 326 g/mol. The van der Waals surface area contributed by atoms with Gasteiger partial charge in [-0.3, -0.25) is 0 Å². The molecule has 0 bridgehead atoms. The molecule has 1 aliphatic carbocycles. The predicted molar refractivity (Wildman–Crippen MR) is 73.2 cm³/mol. The fourth-order valence-corrected chi connectivity index (χ4v) is 2.42. The normalized spacial score (nSPS) is 17.9. The third-order valence-electron chi connectivity index (χ3n) is 2.39. The maximum Gasteiger partial charge on any atom is 0.284 e. The summed E-state index contributed by atoms with van der Waals surface area (Å²) in [6.07, 6.45) is 3.83. The summed E-state index contributed by atoms with van der Waals surface area (Å²) in [6.45, 7) is 0. The molecular weight excluding hydrogens is 315 g/mol. The second-order valence-electron chi connectivity index (χ2n) is 3.35. The average molecular weight is 326 g/mol. The Morgan fingerprint density at radius 1 is 1.19 bits per heavy atom. The molecule has 0 fully saturated rings. The quantitative estimate of drug-likeness (QED) is 0.661. The van der Waals surface area contributed by atoms with Crippen LogP contribution < -0.4 is 0 Å². The first-order valence-corrected chi connectivity index (χ1v) is 5.93. The van der Waals surface area contributed by atoms with Crippen molar-refractivity contribution in [2.75, 3.05) is 7.11 Å². The lowest BCUT2D eigenvalue weighted by Crippen LogP contribution is -1.93. The molecule has 0 heterocycles. The first-order valence-electron chi connectivity index (χ1n) is 4.85. The predicted octanol–water partition coefficient (Wildman–Crippen LogP) is 3.82. The summed E-state index contributed by atoms with van der Waals surface area (Å²) in [7, 11) is 1.46. The molecule has 1 N–H and O–H groups in total. The fourth-order valence-electron chi connectivity index (χ4n) is 1.64. The lowest BCUT2D eigenvalue weighted by atomic mass is 10.0. The standard InChI is InChI=1S/C13H11IO2/c1-16-13(15)10-7-8-11(14)12(10)9-5-3-2-4-6-9/h2-8,15H,1H3. The molecule has 1 aromatic carbocycles. The van der Waals surface area contributed by atoms with Gasteiger partial charge >= 0.3 is 0 Å². The molecule has 2 nitrogen and oxygen atoms in total. The van der Waals surface area contributed by atoms with Crippen molar-refractivity contribution in [2.45, 2.75) is 0 Å². The number of halogens is 1. The number of rotatable bonds is 2. The summed E-state index contributed by atoms with van der Waals surface area (Å²) in [4.78, 5) is 0. The van der Waals surface area contributed by atoms with Crippen LogP contribution in [0.1, 0.15) is 5.56 Å². The van der Waals surface area contributed by atoms with Gasteiger partial charge in [0.15, 0.2) is 0 Å². The minimum absolute atomic E-state index is 0.0400. The summed E-state index contributed by atoms with van der Waals surface area (Å²) in [5.74, 6) is -0.0400. The Morgan fingerprint density at radius 2 is 1.88 bits per heavy atom. The topological polar surface area (TPSA) is 29.5 Å². The second kappa shape index (κ2) is 4.74. The molecular formula is C13H11IO2. The number of hydrogen-bond acceptors (Lipinski definition) is 2. The zero-order valence-corrected chi connectivity index (χ0v) is 10.9. The first kappa shape index (κ1) is 11.3. The van der Waals surface area contributed by atoms with Gasteiger partial charge in [-0.1, -0.05) is 30.3 Å². The Hall–Kier alpha value is -1.23. The van der Waals surface area contributed by atoms with E-state index in [2.05, 4.69) is 22.6 Å². The van der Waals surface area contributed by atoms with Crippen LogP contribution in [0.5, 0.6) is 0 Å². The Morgan fingerprint density at radius 3 is 2.50 bits per heavy atom. The number of ether oxygens (including phenoxy) is 1. The van der Waals surface area contributed by atoms with E-state index in [1.807, 2.05) is 42.5 Å². The molecule has 2 rings (SSSR count). The van der Waals surface area contributed by atoms with E-state index < -0.39 is 0 Å². The number of hydrogen-bond donors (Lipinski definition) is 1. The molecule has 0 saturated carbocycles. The van der Waals surface area contributed by atoms with Gasteiger partial charge in [0.25, 0.3) is 5.95 Å². The van der Waals surface area contributed by atoms with Gasteiger partial charge in [-0.2, -0.15) is 0 Å². The van der Waals surface area contributed by atoms with Gasteiger partial charge in [0.1, 0.15) is 0 Å². The Labute approximate surface area is 108 Å². The second-order valence-corrected chi connectivity index (χ2v) is 4.51. The summed E-state index contributed by atoms with van der Waals surface area (Å²) in [5.41, 5.74) is 2.83. The molecule has 0 unspecified atom stereocenters. The van der Waals surface area contributed by atoms with Crippen LogP contribution in [-0.4, -0.2) is 12.2 Å². The van der Waals surface area contributed by atoms with E-state index >= 15 is 0 Å². The Balaban J connectivity index is 2.53. The molecule has 82 valence electrons. The van der Waals surface area contributed by atoms with Crippen LogP contribution >= 0.6 is 22.6 Å². The molecule has 0 aromatic heterocycles. The molecule has 0 saturated heterocycles. The molecule has 16 heavy (non-hydrogen) atoms. The SMILES string of the molecule is COC(O)=C1C=CC(I)=C1c1ccccc1. The smallest absolute Gasteiger partial charge is 0.284 e. The minimum atomic E-state index is -0.0400. The molecule has 3 heteroatoms. The van der Waals surface area contributed by atoms with E-state index in [4.69, 9.17) is 4.74 Å². The summed E-state index contributed by atoms with van der Waals surface area (Å²) < 4.78 is 5.98. The van der Waals surface area contributed by atoms with Crippen LogP contribution in [0.25, 0.3) is 5.57 Å². The van der Waals surface area contributed by atoms with Gasteiger partial charge in [0.05, 0.1) is 12.7 Å². The maximum absolute atomic E-state index is 9.68. The highest BCUT2D eigenvalue weighted by molar-refractivity contribution is 14.1. The van der Waals surface area contributed by atoms with Gasteiger partial charge in [-0.15, -0.1) is 0 Å².